The highest BCUT2D eigenvalue weighted by molar-refractivity contribution is 6.30. The molecule has 0 saturated heterocycles. The van der Waals surface area contributed by atoms with Gasteiger partial charge < -0.3 is 24.3 Å². The summed E-state index contributed by atoms with van der Waals surface area (Å²) in [6, 6.07) is 16.1. The minimum absolute atomic E-state index is 0.0438. The zero-order valence-electron chi connectivity index (χ0n) is 21.8. The number of aromatic nitrogens is 2. The lowest BCUT2D eigenvalue weighted by Crippen LogP contribution is -2.43. The Labute approximate surface area is 241 Å². The van der Waals surface area contributed by atoms with Crippen LogP contribution in [0.1, 0.15) is 35.0 Å². The number of amides is 1. The van der Waals surface area contributed by atoms with Crippen LogP contribution in [-0.2, 0) is 6.42 Å². The van der Waals surface area contributed by atoms with Crippen molar-refractivity contribution in [1.29, 1.82) is 0 Å². The van der Waals surface area contributed by atoms with Crippen LogP contribution in [0.4, 0.5) is 10.7 Å². The van der Waals surface area contributed by atoms with Gasteiger partial charge in [-0.05, 0) is 67.3 Å². The SMILES string of the molecule is Cc1cc(NCCOc2ccc(C3c4[nH]c5c(c4CCN3C(=O)Oc3ccc(Cl)cc3)=CC(Cl)CC=5)cc2)on1. The van der Waals surface area contributed by atoms with Crippen LogP contribution in [0.5, 0.6) is 11.5 Å². The van der Waals surface area contributed by atoms with Crippen molar-refractivity contribution in [3.63, 3.8) is 0 Å². The maximum Gasteiger partial charge on any atom is 0.416 e. The van der Waals surface area contributed by atoms with Crippen LogP contribution in [0.2, 0.25) is 5.02 Å². The number of halogens is 2. The van der Waals surface area contributed by atoms with Crippen molar-refractivity contribution in [3.8, 4) is 11.5 Å². The molecule has 0 spiro atoms. The van der Waals surface area contributed by atoms with E-state index < -0.39 is 6.09 Å². The predicted molar refractivity (Wildman–Crippen MR) is 155 cm³/mol. The summed E-state index contributed by atoms with van der Waals surface area (Å²) in [5.41, 5.74) is 3.92. The fraction of sp³-hybridized carbons (Fsp3) is 0.267. The van der Waals surface area contributed by atoms with Crippen molar-refractivity contribution in [2.24, 2.45) is 0 Å². The lowest BCUT2D eigenvalue weighted by molar-refractivity contribution is 0.135. The number of carbonyl (C=O) groups is 1. The van der Waals surface area contributed by atoms with Gasteiger partial charge in [-0.25, -0.2) is 4.79 Å². The average molecular weight is 579 g/mol. The first kappa shape index (κ1) is 26.3. The van der Waals surface area contributed by atoms with Crippen molar-refractivity contribution in [1.82, 2.24) is 15.0 Å². The molecular weight excluding hydrogens is 551 g/mol. The van der Waals surface area contributed by atoms with Crippen molar-refractivity contribution < 1.29 is 18.8 Å². The van der Waals surface area contributed by atoms with Crippen LogP contribution >= 0.6 is 23.2 Å². The number of hydrogen-bond donors (Lipinski definition) is 2. The number of fused-ring (bicyclic) bond motifs is 3. The molecule has 1 aliphatic heterocycles. The molecule has 0 bridgehead atoms. The average Bonchev–Trinajstić information content (AvgIpc) is 3.54. The Bertz CT molecular complexity index is 1630. The fourth-order valence-electron chi connectivity index (χ4n) is 5.19. The molecular formula is C30H28Cl2N4O4. The highest BCUT2D eigenvalue weighted by atomic mass is 35.5. The summed E-state index contributed by atoms with van der Waals surface area (Å²) in [6.07, 6.45) is 5.26. The number of aromatic amines is 1. The van der Waals surface area contributed by atoms with E-state index in [1.54, 1.807) is 29.2 Å². The number of nitrogens with zero attached hydrogens (tertiary/aromatic N) is 2. The number of aryl methyl sites for hydroxylation is 1. The normalized spacial score (nSPS) is 17.7. The van der Waals surface area contributed by atoms with Gasteiger partial charge in [0.05, 0.1) is 17.6 Å². The van der Waals surface area contributed by atoms with E-state index >= 15 is 0 Å². The van der Waals surface area contributed by atoms with Crippen LogP contribution < -0.4 is 25.4 Å². The van der Waals surface area contributed by atoms with E-state index in [-0.39, 0.29) is 11.4 Å². The molecule has 0 radical (unpaired) electrons. The van der Waals surface area contributed by atoms with E-state index in [0.717, 1.165) is 39.7 Å². The van der Waals surface area contributed by atoms with Gasteiger partial charge in [-0.2, -0.15) is 0 Å². The van der Waals surface area contributed by atoms with Crippen molar-refractivity contribution in [2.75, 3.05) is 25.0 Å². The summed E-state index contributed by atoms with van der Waals surface area (Å²) in [5, 5.41) is 9.71. The molecule has 2 unspecified atom stereocenters. The number of alkyl halides is 1. The van der Waals surface area contributed by atoms with Crippen LogP contribution in [-0.4, -0.2) is 46.2 Å². The van der Waals surface area contributed by atoms with Gasteiger partial charge in [0.15, 0.2) is 0 Å². The molecule has 40 heavy (non-hydrogen) atoms. The topological polar surface area (TPSA) is 92.6 Å². The molecule has 2 atom stereocenters. The van der Waals surface area contributed by atoms with Crippen LogP contribution in [0.3, 0.4) is 0 Å². The number of hydrogen-bond acceptors (Lipinski definition) is 6. The number of ether oxygens (including phenoxy) is 2. The molecule has 206 valence electrons. The molecule has 2 N–H and O–H groups in total. The highest BCUT2D eigenvalue weighted by Crippen LogP contribution is 2.34. The zero-order chi connectivity index (χ0) is 27.6. The summed E-state index contributed by atoms with van der Waals surface area (Å²) < 4.78 is 16.8. The summed E-state index contributed by atoms with van der Waals surface area (Å²) in [4.78, 5) is 18.8. The molecule has 8 nitrogen and oxygen atoms in total. The van der Waals surface area contributed by atoms with Gasteiger partial charge in [-0.3, -0.25) is 4.90 Å². The van der Waals surface area contributed by atoms with Gasteiger partial charge in [0.1, 0.15) is 24.1 Å². The first-order chi connectivity index (χ1) is 19.4. The maximum absolute atomic E-state index is 13.5. The Kier molecular flexibility index (Phi) is 7.45. The number of carbonyl (C=O) groups excluding carboxylic acids is 1. The van der Waals surface area contributed by atoms with Gasteiger partial charge in [0, 0.05) is 33.9 Å². The highest BCUT2D eigenvalue weighted by Gasteiger charge is 2.35. The number of anilines is 1. The zero-order valence-corrected chi connectivity index (χ0v) is 23.3. The first-order valence-corrected chi connectivity index (χ1v) is 14.0. The van der Waals surface area contributed by atoms with Crippen LogP contribution in [0.15, 0.2) is 59.1 Å². The lowest BCUT2D eigenvalue weighted by atomic mass is 9.92. The Morgan fingerprint density at radius 1 is 1.18 bits per heavy atom. The third kappa shape index (κ3) is 5.55. The molecule has 1 aliphatic carbocycles. The smallest absolute Gasteiger partial charge is 0.416 e. The van der Waals surface area contributed by atoms with Crippen molar-refractivity contribution in [3.05, 3.63) is 92.7 Å². The van der Waals surface area contributed by atoms with E-state index in [1.807, 2.05) is 37.3 Å². The van der Waals surface area contributed by atoms with Crippen molar-refractivity contribution in [2.45, 2.75) is 31.2 Å². The molecule has 2 aliphatic rings. The van der Waals surface area contributed by atoms with E-state index in [0.29, 0.717) is 42.8 Å². The summed E-state index contributed by atoms with van der Waals surface area (Å²) >= 11 is 12.5. The molecule has 2 aromatic heterocycles. The molecule has 0 fully saturated rings. The largest absolute Gasteiger partial charge is 0.492 e. The number of nitrogens with one attached hydrogen (secondary N) is 2. The minimum atomic E-state index is -0.428. The van der Waals surface area contributed by atoms with Gasteiger partial charge >= 0.3 is 6.09 Å². The molecule has 1 amide bonds. The van der Waals surface area contributed by atoms with Crippen LogP contribution in [0, 0.1) is 6.92 Å². The Morgan fingerprint density at radius 3 is 2.70 bits per heavy atom. The molecule has 6 rings (SSSR count). The Balaban J connectivity index is 1.24. The Morgan fingerprint density at radius 2 is 1.95 bits per heavy atom. The van der Waals surface area contributed by atoms with Gasteiger partial charge in [-0.1, -0.05) is 41.0 Å². The second-order valence-electron chi connectivity index (χ2n) is 9.81. The van der Waals surface area contributed by atoms with E-state index in [2.05, 4.69) is 27.6 Å². The third-order valence-electron chi connectivity index (χ3n) is 7.04. The number of rotatable bonds is 7. The molecule has 4 aromatic rings. The summed E-state index contributed by atoms with van der Waals surface area (Å²) in [5.74, 6) is 1.77. The third-order valence-corrected chi connectivity index (χ3v) is 7.60. The van der Waals surface area contributed by atoms with E-state index in [4.69, 9.17) is 37.2 Å². The monoisotopic (exact) mass is 578 g/mol. The van der Waals surface area contributed by atoms with Crippen LogP contribution in [0.25, 0.3) is 12.2 Å². The van der Waals surface area contributed by atoms with E-state index in [9.17, 15) is 4.79 Å². The quantitative estimate of drug-likeness (QED) is 0.232. The van der Waals surface area contributed by atoms with E-state index in [1.165, 1.54) is 5.56 Å². The summed E-state index contributed by atoms with van der Waals surface area (Å²) in [7, 11) is 0. The number of benzene rings is 2. The molecule has 10 heteroatoms. The van der Waals surface area contributed by atoms with Crippen molar-refractivity contribution >= 4 is 47.3 Å². The maximum atomic E-state index is 13.5. The first-order valence-electron chi connectivity index (χ1n) is 13.2. The lowest BCUT2D eigenvalue weighted by Gasteiger charge is -2.35. The molecule has 0 saturated carbocycles. The van der Waals surface area contributed by atoms with Gasteiger partial charge in [0.25, 0.3) is 0 Å². The van der Waals surface area contributed by atoms with Gasteiger partial charge in [-0.15, -0.1) is 11.6 Å². The standard InChI is InChI=1S/C30H28Cl2N4O4/c1-18-16-27(40-35-18)33-13-15-38-22-7-2-19(3-8-22)29-28-24(25-17-21(32)6-11-26(25)34-28)12-14-36(29)30(37)39-23-9-4-20(31)5-10-23/h2-5,7-11,16-17,21,29,33-34H,6,12-15H2,1H3. The molecule has 3 heterocycles. The second-order valence-corrected chi connectivity index (χ2v) is 10.8. The molecule has 2 aromatic carbocycles. The predicted octanol–water partition coefficient (Wildman–Crippen LogP) is 5.17. The summed E-state index contributed by atoms with van der Waals surface area (Å²) in [6.45, 7) is 3.38. The number of H-pyrrole nitrogens is 1. The fourth-order valence-corrected chi connectivity index (χ4v) is 5.53. The Hall–Kier alpha value is -3.88. The second kappa shape index (κ2) is 11.3. The van der Waals surface area contributed by atoms with Gasteiger partial charge in [0.2, 0.25) is 5.88 Å². The minimum Gasteiger partial charge on any atom is -0.492 e.